The van der Waals surface area contributed by atoms with Crippen LogP contribution >= 0.6 is 0 Å². The monoisotopic (exact) mass is 284 g/mol. The van der Waals surface area contributed by atoms with Gasteiger partial charge in [-0.05, 0) is 23.8 Å². The van der Waals surface area contributed by atoms with Crippen LogP contribution in [-0.4, -0.2) is 13.4 Å². The second kappa shape index (κ2) is 5.41. The number of sulfonamides is 1. The highest BCUT2D eigenvalue weighted by atomic mass is 32.2. The van der Waals surface area contributed by atoms with Crippen molar-refractivity contribution in [2.45, 2.75) is 11.4 Å². The highest BCUT2D eigenvalue weighted by Crippen LogP contribution is 2.15. The second-order valence-corrected chi connectivity index (χ2v) is 5.50. The molecule has 1 aromatic heterocycles. The molecule has 1 heterocycles. The first kappa shape index (κ1) is 13.6. The van der Waals surface area contributed by atoms with Gasteiger partial charge in [-0.3, -0.25) is 4.98 Å². The van der Waals surface area contributed by atoms with Gasteiger partial charge in [0.15, 0.2) is 0 Å². The van der Waals surface area contributed by atoms with Gasteiger partial charge in [0.1, 0.15) is 16.5 Å². The number of hydrogen-bond donors (Lipinski definition) is 1. The molecule has 1 N–H and O–H groups in total. The maximum atomic E-state index is 13.4. The zero-order chi connectivity index (χ0) is 13.9. The van der Waals surface area contributed by atoms with E-state index in [0.29, 0.717) is 11.6 Å². The van der Waals surface area contributed by atoms with E-state index in [1.54, 1.807) is 18.3 Å². The Morgan fingerprint density at radius 2 is 2.00 bits per heavy atom. The van der Waals surface area contributed by atoms with Crippen molar-refractivity contribution in [2.24, 2.45) is 0 Å². The largest absolute Gasteiger partial charge is 0.264 e. The number of benzene rings is 1. The van der Waals surface area contributed by atoms with Crippen LogP contribution in [0.3, 0.4) is 0 Å². The lowest BCUT2D eigenvalue weighted by atomic mass is 10.3. The molecule has 0 unspecified atom stereocenters. The van der Waals surface area contributed by atoms with Crippen molar-refractivity contribution in [1.29, 1.82) is 0 Å². The lowest BCUT2D eigenvalue weighted by Gasteiger charge is -2.07. The standard InChI is InChI=1S/C12H10F2N2O2S/c13-10-3-4-12(11(14)6-10)19(17,18)16-8-9-2-1-5-15-7-9/h1-7,16H,8H2. The van der Waals surface area contributed by atoms with Crippen molar-refractivity contribution in [3.05, 3.63) is 59.9 Å². The lowest BCUT2D eigenvalue weighted by Crippen LogP contribution is -2.24. The minimum atomic E-state index is -4.03. The van der Waals surface area contributed by atoms with E-state index in [-0.39, 0.29) is 6.54 Å². The van der Waals surface area contributed by atoms with Crippen molar-refractivity contribution in [3.8, 4) is 0 Å². The first-order valence-corrected chi connectivity index (χ1v) is 6.81. The number of hydrogen-bond acceptors (Lipinski definition) is 3. The molecule has 0 radical (unpaired) electrons. The third-order valence-electron chi connectivity index (χ3n) is 2.37. The van der Waals surface area contributed by atoms with Crippen molar-refractivity contribution in [2.75, 3.05) is 0 Å². The van der Waals surface area contributed by atoms with Crippen LogP contribution in [0.2, 0.25) is 0 Å². The van der Waals surface area contributed by atoms with Crippen LogP contribution in [-0.2, 0) is 16.6 Å². The number of nitrogens with zero attached hydrogens (tertiary/aromatic N) is 1. The van der Waals surface area contributed by atoms with Crippen LogP contribution < -0.4 is 4.72 Å². The van der Waals surface area contributed by atoms with Crippen LogP contribution in [0.1, 0.15) is 5.56 Å². The fourth-order valence-corrected chi connectivity index (χ4v) is 2.53. The molecule has 19 heavy (non-hydrogen) atoms. The summed E-state index contributed by atoms with van der Waals surface area (Å²) in [6.07, 6.45) is 3.04. The molecule has 0 saturated heterocycles. The summed E-state index contributed by atoms with van der Waals surface area (Å²) in [5.41, 5.74) is 0.633. The molecule has 2 rings (SSSR count). The molecule has 0 fully saturated rings. The molecule has 0 bridgehead atoms. The average Bonchev–Trinajstić information content (AvgIpc) is 2.37. The van der Waals surface area contributed by atoms with E-state index in [1.165, 1.54) is 6.20 Å². The van der Waals surface area contributed by atoms with Crippen LogP contribution in [0.4, 0.5) is 8.78 Å². The van der Waals surface area contributed by atoms with Gasteiger partial charge < -0.3 is 0 Å². The Morgan fingerprint density at radius 3 is 2.63 bits per heavy atom. The van der Waals surface area contributed by atoms with Crippen LogP contribution in [0, 0.1) is 11.6 Å². The van der Waals surface area contributed by atoms with E-state index in [0.717, 1.165) is 12.1 Å². The Hall–Kier alpha value is -1.86. The maximum absolute atomic E-state index is 13.4. The summed E-state index contributed by atoms with van der Waals surface area (Å²) in [6, 6.07) is 5.63. The first-order valence-electron chi connectivity index (χ1n) is 5.33. The quantitative estimate of drug-likeness (QED) is 0.932. The molecular weight excluding hydrogens is 274 g/mol. The van der Waals surface area contributed by atoms with Gasteiger partial charge in [-0.2, -0.15) is 0 Å². The maximum Gasteiger partial charge on any atom is 0.243 e. The van der Waals surface area contributed by atoms with Gasteiger partial charge in [-0.1, -0.05) is 6.07 Å². The van der Waals surface area contributed by atoms with Gasteiger partial charge in [0.2, 0.25) is 10.0 Å². The van der Waals surface area contributed by atoms with Gasteiger partial charge in [0, 0.05) is 25.0 Å². The Balaban J connectivity index is 2.19. The third-order valence-corrected chi connectivity index (χ3v) is 3.81. The average molecular weight is 284 g/mol. The Labute approximate surface area is 109 Å². The first-order chi connectivity index (χ1) is 8.99. The SMILES string of the molecule is O=S(=O)(NCc1cccnc1)c1ccc(F)cc1F. The van der Waals surface area contributed by atoms with E-state index in [4.69, 9.17) is 0 Å². The number of aromatic nitrogens is 1. The van der Waals surface area contributed by atoms with Gasteiger partial charge in [-0.15, -0.1) is 0 Å². The lowest BCUT2D eigenvalue weighted by molar-refractivity contribution is 0.543. The van der Waals surface area contributed by atoms with E-state index >= 15 is 0 Å². The Morgan fingerprint density at radius 1 is 1.21 bits per heavy atom. The molecule has 0 saturated carbocycles. The minimum absolute atomic E-state index is 0.0208. The summed E-state index contributed by atoms with van der Waals surface area (Å²) in [7, 11) is -4.03. The predicted octanol–water partition coefficient (Wildman–Crippen LogP) is 1.84. The fraction of sp³-hybridized carbons (Fsp3) is 0.0833. The summed E-state index contributed by atoms with van der Waals surface area (Å²) in [6.45, 7) is -0.0208. The Kier molecular flexibility index (Phi) is 3.87. The highest BCUT2D eigenvalue weighted by Gasteiger charge is 2.19. The summed E-state index contributed by atoms with van der Waals surface area (Å²) >= 11 is 0. The molecule has 4 nitrogen and oxygen atoms in total. The van der Waals surface area contributed by atoms with Crippen molar-refractivity contribution in [1.82, 2.24) is 9.71 Å². The second-order valence-electron chi connectivity index (χ2n) is 3.76. The highest BCUT2D eigenvalue weighted by molar-refractivity contribution is 7.89. The fourth-order valence-electron chi connectivity index (χ4n) is 1.45. The topological polar surface area (TPSA) is 59.1 Å². The zero-order valence-electron chi connectivity index (χ0n) is 9.68. The van der Waals surface area contributed by atoms with E-state index in [9.17, 15) is 17.2 Å². The smallest absolute Gasteiger partial charge is 0.243 e. The van der Waals surface area contributed by atoms with Gasteiger partial charge >= 0.3 is 0 Å². The summed E-state index contributed by atoms with van der Waals surface area (Å²) in [5, 5.41) is 0. The van der Waals surface area contributed by atoms with Gasteiger partial charge in [0.25, 0.3) is 0 Å². The normalized spacial score (nSPS) is 11.5. The van der Waals surface area contributed by atoms with Gasteiger partial charge in [0.05, 0.1) is 0 Å². The predicted molar refractivity (Wildman–Crippen MR) is 64.6 cm³/mol. The molecule has 0 aliphatic carbocycles. The van der Waals surface area contributed by atoms with Gasteiger partial charge in [-0.25, -0.2) is 21.9 Å². The molecule has 0 spiro atoms. The molecule has 0 amide bonds. The van der Waals surface area contributed by atoms with Crippen molar-refractivity contribution in [3.63, 3.8) is 0 Å². The number of nitrogens with one attached hydrogen (secondary N) is 1. The minimum Gasteiger partial charge on any atom is -0.264 e. The molecule has 1 aromatic carbocycles. The third kappa shape index (κ3) is 3.33. The molecule has 7 heteroatoms. The summed E-state index contributed by atoms with van der Waals surface area (Å²) < 4.78 is 52.0. The van der Waals surface area contributed by atoms with Crippen molar-refractivity contribution >= 4 is 10.0 Å². The van der Waals surface area contributed by atoms with Crippen LogP contribution in [0.15, 0.2) is 47.6 Å². The van der Waals surface area contributed by atoms with Crippen molar-refractivity contribution < 1.29 is 17.2 Å². The van der Waals surface area contributed by atoms with E-state index < -0.39 is 26.6 Å². The van der Waals surface area contributed by atoms with Crippen LogP contribution in [0.25, 0.3) is 0 Å². The zero-order valence-corrected chi connectivity index (χ0v) is 10.5. The Bertz CT molecular complexity index is 675. The number of rotatable bonds is 4. The summed E-state index contributed by atoms with van der Waals surface area (Å²) in [4.78, 5) is 3.24. The molecule has 2 aromatic rings. The number of pyridine rings is 1. The molecule has 0 atom stereocenters. The summed E-state index contributed by atoms with van der Waals surface area (Å²) in [5.74, 6) is -1.96. The number of halogens is 2. The van der Waals surface area contributed by atoms with Crippen LogP contribution in [0.5, 0.6) is 0 Å². The molecule has 0 aliphatic heterocycles. The molecule has 100 valence electrons. The van der Waals surface area contributed by atoms with E-state index in [1.807, 2.05) is 0 Å². The van der Waals surface area contributed by atoms with E-state index in [2.05, 4.69) is 9.71 Å². The molecular formula is C12H10F2N2O2S. The molecule has 0 aliphatic rings.